The number of aryl methyl sites for hydroxylation is 2. The number of carbonyl (C=O) groups excluding carboxylic acids is 1. The minimum Gasteiger partial charge on any atom is -0.339 e. The SMILES string of the molecule is CC(=O)CCc1ccc2nc(-c3cc(-c4noc(C5CC(F)(F)C5)n4)ccc3C)cn2c1. The second-order valence-electron chi connectivity index (χ2n) is 8.58. The number of rotatable bonds is 6. The Labute approximate surface area is 183 Å². The molecule has 0 bridgehead atoms. The molecule has 32 heavy (non-hydrogen) atoms. The highest BCUT2D eigenvalue weighted by molar-refractivity contribution is 5.75. The smallest absolute Gasteiger partial charge is 0.249 e. The van der Waals surface area contributed by atoms with Crippen molar-refractivity contribution in [3.63, 3.8) is 0 Å². The molecule has 0 N–H and O–H groups in total. The normalized spacial score (nSPS) is 15.8. The molecule has 6 nitrogen and oxygen atoms in total. The first-order valence-corrected chi connectivity index (χ1v) is 10.6. The number of hydrogen-bond donors (Lipinski definition) is 0. The van der Waals surface area contributed by atoms with E-state index in [1.165, 1.54) is 0 Å². The number of nitrogens with zero attached hydrogens (tertiary/aromatic N) is 4. The molecule has 0 spiro atoms. The van der Waals surface area contributed by atoms with Gasteiger partial charge in [0.15, 0.2) is 0 Å². The summed E-state index contributed by atoms with van der Waals surface area (Å²) in [4.78, 5) is 20.4. The van der Waals surface area contributed by atoms with Crippen LogP contribution in [0.1, 0.15) is 49.1 Å². The van der Waals surface area contributed by atoms with E-state index in [-0.39, 0.29) is 30.4 Å². The molecule has 5 rings (SSSR count). The monoisotopic (exact) mass is 436 g/mol. The molecule has 1 aromatic carbocycles. The molecule has 3 heterocycles. The quantitative estimate of drug-likeness (QED) is 0.405. The highest BCUT2D eigenvalue weighted by Crippen LogP contribution is 2.48. The Morgan fingerprint density at radius 2 is 2.00 bits per heavy atom. The number of benzene rings is 1. The van der Waals surface area contributed by atoms with Crippen LogP contribution in [-0.4, -0.2) is 31.2 Å². The van der Waals surface area contributed by atoms with Crippen LogP contribution in [0.25, 0.3) is 28.3 Å². The van der Waals surface area contributed by atoms with Crippen LogP contribution in [-0.2, 0) is 11.2 Å². The van der Waals surface area contributed by atoms with E-state index >= 15 is 0 Å². The van der Waals surface area contributed by atoms with Crippen molar-refractivity contribution in [1.82, 2.24) is 19.5 Å². The minimum absolute atomic E-state index is 0.166. The van der Waals surface area contributed by atoms with Gasteiger partial charge < -0.3 is 13.7 Å². The number of aromatic nitrogens is 4. The number of alkyl halides is 2. The molecule has 164 valence electrons. The summed E-state index contributed by atoms with van der Waals surface area (Å²) in [5.41, 5.74) is 5.39. The van der Waals surface area contributed by atoms with E-state index in [4.69, 9.17) is 9.51 Å². The molecule has 0 aliphatic heterocycles. The lowest BCUT2D eigenvalue weighted by molar-refractivity contribution is -0.117. The number of ketones is 1. The number of Topliss-reactive ketones (excluding diaryl/α,β-unsaturated/α-hetero) is 1. The summed E-state index contributed by atoms with van der Waals surface area (Å²) >= 11 is 0. The van der Waals surface area contributed by atoms with Crippen LogP contribution in [0, 0.1) is 6.92 Å². The molecule has 0 saturated heterocycles. The molecule has 0 atom stereocenters. The van der Waals surface area contributed by atoms with Gasteiger partial charge in [0.2, 0.25) is 17.6 Å². The Balaban J connectivity index is 1.43. The summed E-state index contributed by atoms with van der Waals surface area (Å²) in [6, 6.07) is 9.72. The summed E-state index contributed by atoms with van der Waals surface area (Å²) in [7, 11) is 0. The molecular weight excluding hydrogens is 414 g/mol. The fourth-order valence-corrected chi connectivity index (χ4v) is 4.03. The summed E-state index contributed by atoms with van der Waals surface area (Å²) in [5, 5.41) is 4.01. The maximum absolute atomic E-state index is 13.2. The second kappa shape index (κ2) is 7.62. The fraction of sp³-hybridized carbons (Fsp3) is 0.333. The van der Waals surface area contributed by atoms with Gasteiger partial charge in [0, 0.05) is 48.7 Å². The fourth-order valence-electron chi connectivity index (χ4n) is 4.03. The van der Waals surface area contributed by atoms with Crippen LogP contribution in [0.2, 0.25) is 0 Å². The van der Waals surface area contributed by atoms with Crippen molar-refractivity contribution in [1.29, 1.82) is 0 Å². The highest BCUT2D eigenvalue weighted by Gasteiger charge is 2.48. The number of carbonyl (C=O) groups is 1. The lowest BCUT2D eigenvalue weighted by Crippen LogP contribution is -2.33. The Morgan fingerprint density at radius 1 is 1.19 bits per heavy atom. The summed E-state index contributed by atoms with van der Waals surface area (Å²) in [5.74, 6) is -2.21. The van der Waals surface area contributed by atoms with Crippen molar-refractivity contribution in [2.24, 2.45) is 0 Å². The van der Waals surface area contributed by atoms with Gasteiger partial charge in [0.1, 0.15) is 11.4 Å². The Kier molecular flexibility index (Phi) is 4.87. The van der Waals surface area contributed by atoms with Crippen molar-refractivity contribution in [3.8, 4) is 22.6 Å². The third-order valence-corrected chi connectivity index (χ3v) is 5.93. The van der Waals surface area contributed by atoms with Crippen LogP contribution in [0.15, 0.2) is 47.2 Å². The average Bonchev–Trinajstić information content (AvgIpc) is 3.37. The first-order chi connectivity index (χ1) is 15.3. The van der Waals surface area contributed by atoms with Gasteiger partial charge >= 0.3 is 0 Å². The average molecular weight is 436 g/mol. The van der Waals surface area contributed by atoms with Gasteiger partial charge in [0.05, 0.1) is 5.69 Å². The van der Waals surface area contributed by atoms with E-state index in [0.717, 1.165) is 33.6 Å². The van der Waals surface area contributed by atoms with Crippen molar-refractivity contribution >= 4 is 11.4 Å². The molecule has 1 aliphatic rings. The maximum atomic E-state index is 13.2. The summed E-state index contributed by atoms with van der Waals surface area (Å²) in [6.07, 6.45) is 4.66. The van der Waals surface area contributed by atoms with Crippen molar-refractivity contribution in [3.05, 3.63) is 59.7 Å². The van der Waals surface area contributed by atoms with Gasteiger partial charge in [-0.15, -0.1) is 0 Å². The van der Waals surface area contributed by atoms with E-state index in [0.29, 0.717) is 18.7 Å². The van der Waals surface area contributed by atoms with E-state index in [2.05, 4.69) is 10.1 Å². The van der Waals surface area contributed by atoms with Crippen molar-refractivity contribution in [2.75, 3.05) is 0 Å². The molecule has 0 unspecified atom stereocenters. The molecule has 0 radical (unpaired) electrons. The van der Waals surface area contributed by atoms with E-state index in [1.54, 1.807) is 6.92 Å². The summed E-state index contributed by atoms with van der Waals surface area (Å²) in [6.45, 7) is 3.59. The molecule has 1 fully saturated rings. The van der Waals surface area contributed by atoms with Gasteiger partial charge in [-0.2, -0.15) is 4.98 Å². The van der Waals surface area contributed by atoms with Gasteiger partial charge in [0.25, 0.3) is 0 Å². The molecule has 4 aromatic rings. The van der Waals surface area contributed by atoms with Crippen LogP contribution in [0.3, 0.4) is 0 Å². The Morgan fingerprint density at radius 3 is 2.75 bits per heavy atom. The lowest BCUT2D eigenvalue weighted by Gasteiger charge is -2.31. The topological polar surface area (TPSA) is 73.3 Å². The van der Waals surface area contributed by atoms with Crippen LogP contribution in [0.5, 0.6) is 0 Å². The third kappa shape index (κ3) is 3.92. The standard InChI is InChI=1S/C24H22F2N4O2/c1-14-3-7-17(22-28-23(32-29-22)18-10-24(25,26)11-18)9-19(14)20-13-30-12-16(5-4-15(2)31)6-8-21(30)27-20/h3,6-9,12-13,18H,4-5,10-11H2,1-2H3. The number of halogens is 2. The zero-order chi connectivity index (χ0) is 22.5. The molecule has 8 heteroatoms. The largest absolute Gasteiger partial charge is 0.339 e. The molecule has 1 aliphatic carbocycles. The Bertz CT molecular complexity index is 1320. The molecular formula is C24H22F2N4O2. The Hall–Kier alpha value is -3.42. The van der Waals surface area contributed by atoms with Gasteiger partial charge in [-0.3, -0.25) is 0 Å². The zero-order valence-electron chi connectivity index (χ0n) is 17.8. The molecule has 3 aromatic heterocycles. The number of hydrogen-bond acceptors (Lipinski definition) is 5. The minimum atomic E-state index is -2.63. The lowest BCUT2D eigenvalue weighted by atomic mass is 9.81. The second-order valence-corrected chi connectivity index (χ2v) is 8.58. The van der Waals surface area contributed by atoms with Crippen molar-refractivity contribution in [2.45, 2.75) is 51.4 Å². The van der Waals surface area contributed by atoms with E-state index in [1.807, 2.05) is 54.0 Å². The van der Waals surface area contributed by atoms with Crippen LogP contribution < -0.4 is 0 Å². The van der Waals surface area contributed by atoms with E-state index in [9.17, 15) is 13.6 Å². The van der Waals surface area contributed by atoms with Crippen molar-refractivity contribution < 1.29 is 18.1 Å². The van der Waals surface area contributed by atoms with E-state index < -0.39 is 5.92 Å². The van der Waals surface area contributed by atoms with Gasteiger partial charge in [-0.25, -0.2) is 13.8 Å². The highest BCUT2D eigenvalue weighted by atomic mass is 19.3. The van der Waals surface area contributed by atoms with Crippen LogP contribution in [0.4, 0.5) is 8.78 Å². The number of pyridine rings is 1. The maximum Gasteiger partial charge on any atom is 0.249 e. The molecule has 0 amide bonds. The van der Waals surface area contributed by atoms with Gasteiger partial charge in [-0.1, -0.05) is 23.4 Å². The first-order valence-electron chi connectivity index (χ1n) is 10.6. The third-order valence-electron chi connectivity index (χ3n) is 5.93. The molecule has 1 saturated carbocycles. The number of fused-ring (bicyclic) bond motifs is 1. The zero-order valence-corrected chi connectivity index (χ0v) is 17.8. The van der Waals surface area contributed by atoms with Crippen LogP contribution >= 0.6 is 0 Å². The van der Waals surface area contributed by atoms with Gasteiger partial charge in [-0.05, 0) is 43.5 Å². The number of imidazole rings is 1. The predicted molar refractivity (Wildman–Crippen MR) is 115 cm³/mol. The first kappa shape index (κ1) is 20.5. The predicted octanol–water partition coefficient (Wildman–Crippen LogP) is 5.39. The summed E-state index contributed by atoms with van der Waals surface area (Å²) < 4.78 is 33.5.